The molecule has 1 aromatic carbocycles. The van der Waals surface area contributed by atoms with E-state index in [1.54, 1.807) is 6.20 Å². The van der Waals surface area contributed by atoms with Crippen molar-refractivity contribution in [3.8, 4) is 11.3 Å². The molecule has 0 aliphatic rings. The lowest BCUT2D eigenvalue weighted by Crippen LogP contribution is -2.10. The molecule has 2 aromatic heterocycles. The van der Waals surface area contributed by atoms with Crippen LogP contribution >= 0.6 is 0 Å². The number of hydrogen-bond acceptors (Lipinski definition) is 4. The molecule has 0 saturated carbocycles. The van der Waals surface area contributed by atoms with Crippen LogP contribution in [-0.2, 0) is 5.41 Å². The predicted octanol–water partition coefficient (Wildman–Crippen LogP) is 3.96. The summed E-state index contributed by atoms with van der Waals surface area (Å²) in [6.45, 7) is 6.55. The fourth-order valence-electron chi connectivity index (χ4n) is 2.40. The van der Waals surface area contributed by atoms with Gasteiger partial charge >= 0.3 is 0 Å². The first-order valence-electron chi connectivity index (χ1n) is 6.91. The number of pyridine rings is 1. The molecule has 0 spiro atoms. The summed E-state index contributed by atoms with van der Waals surface area (Å²) in [5, 5.41) is 0.804. The normalized spacial score (nSPS) is 12.0. The van der Waals surface area contributed by atoms with E-state index in [0.717, 1.165) is 16.6 Å². The molecule has 0 aliphatic heterocycles. The van der Waals surface area contributed by atoms with Crippen LogP contribution in [0.15, 0.2) is 40.9 Å². The van der Waals surface area contributed by atoms with Gasteiger partial charge in [0.1, 0.15) is 11.4 Å². The number of fused-ring (bicyclic) bond motifs is 1. The average Bonchev–Trinajstić information content (AvgIpc) is 2.74. The van der Waals surface area contributed by atoms with Gasteiger partial charge in [0.05, 0.1) is 0 Å². The van der Waals surface area contributed by atoms with E-state index in [4.69, 9.17) is 15.9 Å². The van der Waals surface area contributed by atoms with Crippen LogP contribution in [0.4, 0.5) is 11.6 Å². The molecule has 0 radical (unpaired) electrons. The third kappa shape index (κ3) is 2.23. The number of nitrogens with two attached hydrogens (primary N) is 2. The third-order valence-corrected chi connectivity index (χ3v) is 3.67. The van der Waals surface area contributed by atoms with Gasteiger partial charge in [-0.15, -0.1) is 0 Å². The van der Waals surface area contributed by atoms with Crippen molar-refractivity contribution >= 4 is 22.5 Å². The molecule has 3 rings (SSSR count). The Morgan fingerprint density at radius 1 is 1.10 bits per heavy atom. The molecule has 0 bridgehead atoms. The lowest BCUT2D eigenvalue weighted by Gasteiger charge is -2.19. The summed E-state index contributed by atoms with van der Waals surface area (Å²) in [5.41, 5.74) is 15.9. The van der Waals surface area contributed by atoms with Gasteiger partial charge < -0.3 is 15.9 Å². The molecule has 0 saturated heterocycles. The van der Waals surface area contributed by atoms with Crippen LogP contribution in [0, 0.1) is 0 Å². The van der Waals surface area contributed by atoms with E-state index in [-0.39, 0.29) is 11.3 Å². The summed E-state index contributed by atoms with van der Waals surface area (Å²) in [6, 6.07) is 10.1. The van der Waals surface area contributed by atoms with Crippen LogP contribution in [0.5, 0.6) is 0 Å². The maximum atomic E-state index is 5.94. The third-order valence-electron chi connectivity index (χ3n) is 3.67. The fraction of sp³-hybridized carbons (Fsp3) is 0.235. The van der Waals surface area contributed by atoms with E-state index in [2.05, 4.69) is 37.9 Å². The second kappa shape index (κ2) is 4.52. The number of nitrogens with zero attached hydrogens (tertiary/aromatic N) is 1. The molecular weight excluding hydrogens is 262 g/mol. The number of nitrogen functional groups attached to an aromatic ring is 2. The van der Waals surface area contributed by atoms with Crippen LogP contribution < -0.4 is 11.5 Å². The summed E-state index contributed by atoms with van der Waals surface area (Å²) in [6.07, 6.45) is 1.73. The first-order valence-corrected chi connectivity index (χ1v) is 6.91. The van der Waals surface area contributed by atoms with Crippen molar-refractivity contribution in [1.29, 1.82) is 0 Å². The Morgan fingerprint density at radius 3 is 2.57 bits per heavy atom. The second-order valence-electron chi connectivity index (χ2n) is 6.25. The van der Waals surface area contributed by atoms with Gasteiger partial charge in [-0.05, 0) is 23.1 Å². The molecule has 0 atom stereocenters. The van der Waals surface area contributed by atoms with Crippen LogP contribution in [0.2, 0.25) is 0 Å². The highest BCUT2D eigenvalue weighted by molar-refractivity contribution is 6.01. The summed E-state index contributed by atoms with van der Waals surface area (Å²) in [7, 11) is 0. The van der Waals surface area contributed by atoms with Crippen molar-refractivity contribution < 1.29 is 4.42 Å². The summed E-state index contributed by atoms with van der Waals surface area (Å²) in [4.78, 5) is 4.45. The molecule has 0 unspecified atom stereocenters. The van der Waals surface area contributed by atoms with E-state index >= 15 is 0 Å². The van der Waals surface area contributed by atoms with Crippen molar-refractivity contribution in [3.63, 3.8) is 0 Å². The number of rotatable bonds is 1. The highest BCUT2D eigenvalue weighted by Gasteiger charge is 2.17. The minimum Gasteiger partial charge on any atom is -0.436 e. The molecule has 0 amide bonds. The van der Waals surface area contributed by atoms with Crippen LogP contribution in [0.25, 0.3) is 22.2 Å². The zero-order valence-corrected chi connectivity index (χ0v) is 12.5. The molecule has 0 fully saturated rings. The number of furan rings is 1. The molecule has 21 heavy (non-hydrogen) atoms. The summed E-state index contributed by atoms with van der Waals surface area (Å²) in [5.74, 6) is 0.242. The fourth-order valence-corrected chi connectivity index (χ4v) is 2.40. The van der Waals surface area contributed by atoms with E-state index < -0.39 is 0 Å². The molecule has 0 aliphatic carbocycles. The zero-order valence-electron chi connectivity index (χ0n) is 12.5. The first kappa shape index (κ1) is 13.5. The van der Waals surface area contributed by atoms with Gasteiger partial charge in [0.2, 0.25) is 5.88 Å². The minimum atomic E-state index is 0.0745. The van der Waals surface area contributed by atoms with Gasteiger partial charge in [-0.25, -0.2) is 0 Å². The lowest BCUT2D eigenvalue weighted by molar-refractivity contribution is 0.590. The Morgan fingerprint density at radius 2 is 1.86 bits per heavy atom. The van der Waals surface area contributed by atoms with Crippen LogP contribution in [0.3, 0.4) is 0 Å². The maximum Gasteiger partial charge on any atom is 0.214 e. The van der Waals surface area contributed by atoms with Crippen LogP contribution in [0.1, 0.15) is 26.3 Å². The molecule has 4 heteroatoms. The SMILES string of the molecule is CC(C)(C)c1cccc(-c2nccc3c(N)c(N)oc23)c1. The number of anilines is 2. The molecule has 3 aromatic rings. The van der Waals surface area contributed by atoms with Crippen molar-refractivity contribution in [3.05, 3.63) is 42.1 Å². The van der Waals surface area contributed by atoms with Gasteiger partial charge in [0.15, 0.2) is 5.58 Å². The van der Waals surface area contributed by atoms with E-state index in [1.165, 1.54) is 5.56 Å². The summed E-state index contributed by atoms with van der Waals surface area (Å²) < 4.78 is 5.60. The molecule has 4 N–H and O–H groups in total. The Kier molecular flexibility index (Phi) is 2.90. The zero-order chi connectivity index (χ0) is 15.2. The minimum absolute atomic E-state index is 0.0745. The molecule has 108 valence electrons. The first-order chi connectivity index (χ1) is 9.88. The van der Waals surface area contributed by atoms with Crippen molar-refractivity contribution in [2.24, 2.45) is 0 Å². The predicted molar refractivity (Wildman–Crippen MR) is 87.0 cm³/mol. The van der Waals surface area contributed by atoms with Gasteiger partial charge in [-0.3, -0.25) is 4.98 Å². The highest BCUT2D eigenvalue weighted by Crippen LogP contribution is 2.36. The number of benzene rings is 1. The van der Waals surface area contributed by atoms with E-state index in [1.807, 2.05) is 18.2 Å². The average molecular weight is 281 g/mol. The second-order valence-corrected chi connectivity index (χ2v) is 6.25. The van der Waals surface area contributed by atoms with Gasteiger partial charge in [-0.2, -0.15) is 0 Å². The standard InChI is InChI=1S/C17H19N3O/c1-17(2,3)11-6-4-5-10(9-11)14-15-12(7-8-20-14)13(18)16(19)21-15/h4-9H,18-19H2,1-3H3. The Bertz CT molecular complexity index is 813. The quantitative estimate of drug-likeness (QED) is 0.707. The Balaban J connectivity index is 2.24. The monoisotopic (exact) mass is 281 g/mol. The Labute approximate surface area is 123 Å². The van der Waals surface area contributed by atoms with E-state index in [0.29, 0.717) is 11.3 Å². The maximum absolute atomic E-state index is 5.94. The highest BCUT2D eigenvalue weighted by atomic mass is 16.3. The number of hydrogen-bond donors (Lipinski definition) is 2. The van der Waals surface area contributed by atoms with Crippen LogP contribution in [-0.4, -0.2) is 4.98 Å². The molecule has 4 nitrogen and oxygen atoms in total. The van der Waals surface area contributed by atoms with Crippen molar-refractivity contribution in [2.75, 3.05) is 11.5 Å². The molecular formula is C17H19N3O. The van der Waals surface area contributed by atoms with Gasteiger partial charge in [0.25, 0.3) is 0 Å². The van der Waals surface area contributed by atoms with Gasteiger partial charge in [-0.1, -0.05) is 39.0 Å². The topological polar surface area (TPSA) is 78.1 Å². The van der Waals surface area contributed by atoms with Crippen molar-refractivity contribution in [2.45, 2.75) is 26.2 Å². The van der Waals surface area contributed by atoms with Gasteiger partial charge in [0, 0.05) is 17.1 Å². The molecule has 2 heterocycles. The number of aromatic nitrogens is 1. The van der Waals surface area contributed by atoms with Crippen molar-refractivity contribution in [1.82, 2.24) is 4.98 Å². The lowest BCUT2D eigenvalue weighted by atomic mass is 9.86. The smallest absolute Gasteiger partial charge is 0.214 e. The summed E-state index contributed by atoms with van der Waals surface area (Å²) >= 11 is 0. The van der Waals surface area contributed by atoms with E-state index in [9.17, 15) is 0 Å². The Hall–Kier alpha value is -2.49. The largest absolute Gasteiger partial charge is 0.436 e.